The number of aliphatic hydroxyl groups excluding tert-OH is 1. The van der Waals surface area contributed by atoms with Crippen LogP contribution in [0.15, 0.2) is 77.7 Å². The number of hydrogen-bond acceptors (Lipinski definition) is 8. The highest BCUT2D eigenvalue weighted by molar-refractivity contribution is 7.89. The van der Waals surface area contributed by atoms with E-state index in [4.69, 9.17) is 15.2 Å². The normalized spacial score (nSPS) is 19.6. The molecule has 5 rings (SSSR count). The Bertz CT molecular complexity index is 1600. The van der Waals surface area contributed by atoms with E-state index in [0.717, 1.165) is 18.4 Å². The molecule has 0 radical (unpaired) electrons. The third kappa shape index (κ3) is 9.71. The maximum absolute atomic E-state index is 14.2. The van der Waals surface area contributed by atoms with Crippen molar-refractivity contribution in [1.29, 1.82) is 0 Å². The number of methoxy groups -OCH3 is 1. The predicted molar refractivity (Wildman–Crippen MR) is 185 cm³/mol. The highest BCUT2D eigenvalue weighted by Gasteiger charge is 2.36. The van der Waals surface area contributed by atoms with Crippen molar-refractivity contribution < 1.29 is 32.6 Å². The lowest BCUT2D eigenvalue weighted by atomic mass is 9.98. The molecule has 3 aromatic carbocycles. The molecule has 3 aromatic rings. The van der Waals surface area contributed by atoms with E-state index in [-0.39, 0.29) is 36.1 Å². The Hall–Kier alpha value is -4.13. The first-order chi connectivity index (χ1) is 22.9. The number of hydrogen-bond donors (Lipinski definition) is 4. The number of carbonyl (C=O) groups is 2. The van der Waals surface area contributed by atoms with Crippen molar-refractivity contribution in [2.45, 2.75) is 82.0 Å². The minimum Gasteiger partial charge on any atom is -0.497 e. The Morgan fingerprint density at radius 3 is 2.23 bits per heavy atom. The minimum absolute atomic E-state index is 0.0142. The molecule has 2 amide bonds. The fraction of sp³-hybridized carbons (Fsp3) is 0.444. The van der Waals surface area contributed by atoms with Gasteiger partial charge in [-0.15, -0.1) is 0 Å². The second-order valence-corrected chi connectivity index (χ2v) is 14.5. The molecule has 260 valence electrons. The van der Waals surface area contributed by atoms with E-state index >= 15 is 0 Å². The van der Waals surface area contributed by atoms with Crippen molar-refractivity contribution in [3.8, 4) is 11.5 Å². The van der Waals surface area contributed by atoms with Crippen LogP contribution in [0.5, 0.6) is 11.5 Å². The Labute approximate surface area is 283 Å². The smallest absolute Gasteiger partial charge is 0.243 e. The number of anilines is 1. The number of ether oxygens (including phenoxy) is 2. The molecule has 48 heavy (non-hydrogen) atoms. The molecule has 5 N–H and O–H groups in total. The van der Waals surface area contributed by atoms with Gasteiger partial charge in [-0.2, -0.15) is 4.31 Å². The first-order valence-electron chi connectivity index (χ1n) is 16.4. The number of nitrogens with one attached hydrogen (secondary N) is 2. The van der Waals surface area contributed by atoms with Crippen molar-refractivity contribution >= 4 is 27.5 Å². The summed E-state index contributed by atoms with van der Waals surface area (Å²) in [6.45, 7) is 5.59. The second kappa shape index (κ2) is 16.8. The summed E-state index contributed by atoms with van der Waals surface area (Å²) >= 11 is 0. The molecule has 0 spiro atoms. The molecule has 2 aliphatic heterocycles. The molecule has 12 heteroatoms. The summed E-state index contributed by atoms with van der Waals surface area (Å²) in [6.07, 6.45) is 1.38. The third-order valence-electron chi connectivity index (χ3n) is 8.64. The number of nitrogens with zero attached hydrogens (tertiary/aromatic N) is 1. The zero-order valence-corrected chi connectivity index (χ0v) is 28.9. The fourth-order valence-corrected chi connectivity index (χ4v) is 7.30. The molecule has 11 nitrogen and oxygen atoms in total. The van der Waals surface area contributed by atoms with E-state index in [2.05, 4.69) is 10.6 Å². The molecular formula is C36H48N4O7S. The van der Waals surface area contributed by atoms with Crippen LogP contribution in [0.2, 0.25) is 0 Å². The van der Waals surface area contributed by atoms with Gasteiger partial charge in [0.05, 0.1) is 30.8 Å². The van der Waals surface area contributed by atoms with Crippen molar-refractivity contribution in [3.05, 3.63) is 83.9 Å². The SMILES string of the molecule is COc1ccc(C(C)N(C[C@@H](O)[C@@H]2Cc3ccc(cc3)OCCCCCC(=O)N[C@@H](C(C)C)C(=O)N2)S(=O)(=O)c2ccc(N)cc2)cc1. The molecular weight excluding hydrogens is 632 g/mol. The number of aliphatic hydroxyl groups is 1. The molecule has 2 heterocycles. The lowest BCUT2D eigenvalue weighted by Crippen LogP contribution is -2.56. The molecule has 1 unspecified atom stereocenters. The van der Waals surface area contributed by atoms with Crippen LogP contribution in [0.1, 0.15) is 63.6 Å². The number of nitrogen functional groups attached to an aromatic ring is 1. The van der Waals surface area contributed by atoms with E-state index in [1.54, 1.807) is 38.3 Å². The van der Waals surface area contributed by atoms with Crippen LogP contribution in [0.3, 0.4) is 0 Å². The second-order valence-electron chi connectivity index (χ2n) is 12.6. The van der Waals surface area contributed by atoms with Crippen LogP contribution in [-0.2, 0) is 26.0 Å². The van der Waals surface area contributed by atoms with Crippen LogP contribution in [0.4, 0.5) is 5.69 Å². The van der Waals surface area contributed by atoms with E-state index in [1.807, 2.05) is 38.1 Å². The predicted octanol–water partition coefficient (Wildman–Crippen LogP) is 4.21. The zero-order chi connectivity index (χ0) is 34.8. The Kier molecular flexibility index (Phi) is 12.9. The van der Waals surface area contributed by atoms with Gasteiger partial charge in [0, 0.05) is 24.7 Å². The van der Waals surface area contributed by atoms with Crippen molar-refractivity contribution in [3.63, 3.8) is 0 Å². The van der Waals surface area contributed by atoms with Crippen LogP contribution >= 0.6 is 0 Å². The molecule has 0 saturated carbocycles. The van der Waals surface area contributed by atoms with Crippen molar-refractivity contribution in [2.24, 2.45) is 5.92 Å². The van der Waals surface area contributed by atoms with Crippen molar-refractivity contribution in [2.75, 3.05) is 26.0 Å². The molecule has 0 aromatic heterocycles. The largest absolute Gasteiger partial charge is 0.497 e. The van der Waals surface area contributed by atoms with Gasteiger partial charge in [-0.05, 0) is 98.2 Å². The quantitative estimate of drug-likeness (QED) is 0.245. The fourth-order valence-electron chi connectivity index (χ4n) is 5.67. The standard InChI is InChI=1S/C36H48N4O7S/c1-24(2)35-36(43)38-32(22-26-9-15-30(16-10-26)47-21-7-5-6-8-34(42)39-35)33(41)23-40(25(3)27-11-17-29(46-4)18-12-27)48(44,45)31-19-13-28(37)14-20-31/h9-20,24-25,32-33,35,41H,5-8,21-23,37H2,1-4H3,(H,38,43)(H,39,42)/t25?,32-,33+,35-/m0/s1. The number of fused-ring (bicyclic) bond motifs is 14. The Morgan fingerprint density at radius 1 is 0.938 bits per heavy atom. The first kappa shape index (κ1) is 36.7. The Balaban J connectivity index is 1.70. The monoisotopic (exact) mass is 680 g/mol. The summed E-state index contributed by atoms with van der Waals surface area (Å²) in [7, 11) is -2.62. The Morgan fingerprint density at radius 2 is 1.60 bits per heavy atom. The summed E-state index contributed by atoms with van der Waals surface area (Å²) < 4.78 is 40.8. The number of carbonyl (C=O) groups excluding carboxylic acids is 2. The molecule has 2 bridgehead atoms. The first-order valence-corrected chi connectivity index (χ1v) is 17.8. The molecule has 0 aliphatic carbocycles. The molecule has 0 fully saturated rings. The highest BCUT2D eigenvalue weighted by Crippen LogP contribution is 2.30. The van der Waals surface area contributed by atoms with Gasteiger partial charge in [0.15, 0.2) is 0 Å². The maximum atomic E-state index is 14.2. The summed E-state index contributed by atoms with van der Waals surface area (Å²) in [5.41, 5.74) is 7.75. The summed E-state index contributed by atoms with van der Waals surface area (Å²) in [6, 6.07) is 17.9. The summed E-state index contributed by atoms with van der Waals surface area (Å²) in [5, 5.41) is 17.7. The van der Waals surface area contributed by atoms with E-state index in [9.17, 15) is 23.1 Å². The van der Waals surface area contributed by atoms with Crippen LogP contribution in [0, 0.1) is 5.92 Å². The number of sulfonamides is 1. The minimum atomic E-state index is -4.17. The number of amides is 2. The molecule has 4 atom stereocenters. The molecule has 0 saturated heterocycles. The number of rotatable bonds is 9. The zero-order valence-electron chi connectivity index (χ0n) is 28.1. The van der Waals surface area contributed by atoms with Gasteiger partial charge in [0.1, 0.15) is 17.5 Å². The summed E-state index contributed by atoms with van der Waals surface area (Å²) in [5.74, 6) is 0.386. The topological polar surface area (TPSA) is 160 Å². The van der Waals surface area contributed by atoms with Gasteiger partial charge in [-0.3, -0.25) is 9.59 Å². The average Bonchev–Trinajstić information content (AvgIpc) is 3.07. The lowest BCUT2D eigenvalue weighted by molar-refractivity contribution is -0.131. The van der Waals surface area contributed by atoms with E-state index in [1.165, 1.54) is 28.6 Å². The average molecular weight is 681 g/mol. The van der Waals surface area contributed by atoms with Gasteiger partial charge >= 0.3 is 0 Å². The van der Waals surface area contributed by atoms with Gasteiger partial charge in [-0.1, -0.05) is 38.1 Å². The van der Waals surface area contributed by atoms with Gasteiger partial charge in [0.25, 0.3) is 0 Å². The van der Waals surface area contributed by atoms with Gasteiger partial charge in [-0.25, -0.2) is 8.42 Å². The number of benzene rings is 3. The maximum Gasteiger partial charge on any atom is 0.243 e. The van der Waals surface area contributed by atoms with Crippen molar-refractivity contribution in [1.82, 2.24) is 14.9 Å². The van der Waals surface area contributed by atoms with Crippen LogP contribution < -0.4 is 25.8 Å². The van der Waals surface area contributed by atoms with Gasteiger partial charge < -0.3 is 30.9 Å². The summed E-state index contributed by atoms with van der Waals surface area (Å²) in [4.78, 5) is 26.6. The van der Waals surface area contributed by atoms with E-state index in [0.29, 0.717) is 35.8 Å². The number of nitrogens with two attached hydrogens (primary N) is 1. The third-order valence-corrected chi connectivity index (χ3v) is 10.6. The highest BCUT2D eigenvalue weighted by atomic mass is 32.2. The lowest BCUT2D eigenvalue weighted by Gasteiger charge is -2.34. The molecule has 2 aliphatic rings. The van der Waals surface area contributed by atoms with Gasteiger partial charge in [0.2, 0.25) is 21.8 Å². The van der Waals surface area contributed by atoms with Crippen LogP contribution in [0.25, 0.3) is 0 Å². The van der Waals surface area contributed by atoms with Crippen LogP contribution in [-0.4, -0.2) is 68.1 Å². The van der Waals surface area contributed by atoms with E-state index < -0.39 is 40.2 Å².